The number of aliphatic imine (C=N–C) groups is 1. The van der Waals surface area contributed by atoms with Gasteiger partial charge in [-0.3, -0.25) is 4.99 Å². The summed E-state index contributed by atoms with van der Waals surface area (Å²) >= 11 is 0. The SMILES string of the molecule is CCCCC1CCC(CN=C(NCC)NC2CCS(=O)(=O)C2)CC1. The highest BCUT2D eigenvalue weighted by Crippen LogP contribution is 2.31. The summed E-state index contributed by atoms with van der Waals surface area (Å²) in [6.45, 7) is 5.97. The van der Waals surface area contributed by atoms with E-state index in [0.29, 0.717) is 18.1 Å². The van der Waals surface area contributed by atoms with Crippen molar-refractivity contribution in [2.75, 3.05) is 24.6 Å². The lowest BCUT2D eigenvalue weighted by molar-refractivity contribution is 0.264. The fourth-order valence-electron chi connectivity index (χ4n) is 3.84. The van der Waals surface area contributed by atoms with Crippen molar-refractivity contribution in [3.8, 4) is 0 Å². The predicted molar refractivity (Wildman–Crippen MR) is 101 cm³/mol. The average molecular weight is 358 g/mol. The van der Waals surface area contributed by atoms with Crippen LogP contribution in [-0.4, -0.2) is 45.0 Å². The summed E-state index contributed by atoms with van der Waals surface area (Å²) in [5.74, 6) is 2.93. The Morgan fingerprint density at radius 1 is 1.08 bits per heavy atom. The molecular weight excluding hydrogens is 322 g/mol. The fraction of sp³-hybridized carbons (Fsp3) is 0.944. The van der Waals surface area contributed by atoms with Gasteiger partial charge in [0.15, 0.2) is 15.8 Å². The van der Waals surface area contributed by atoms with Crippen molar-refractivity contribution >= 4 is 15.8 Å². The van der Waals surface area contributed by atoms with Gasteiger partial charge in [-0.2, -0.15) is 0 Å². The molecule has 1 saturated heterocycles. The van der Waals surface area contributed by atoms with Gasteiger partial charge in [-0.05, 0) is 38.0 Å². The Morgan fingerprint density at radius 2 is 1.79 bits per heavy atom. The van der Waals surface area contributed by atoms with Crippen molar-refractivity contribution in [1.82, 2.24) is 10.6 Å². The minimum Gasteiger partial charge on any atom is -0.357 e. The molecule has 2 fully saturated rings. The zero-order valence-electron chi connectivity index (χ0n) is 15.4. The molecule has 1 atom stereocenters. The molecule has 0 spiro atoms. The standard InChI is InChI=1S/C18H35N3O2S/c1-3-5-6-15-7-9-16(10-8-15)13-20-18(19-4-2)21-17-11-12-24(22,23)14-17/h15-17H,3-14H2,1-2H3,(H2,19,20,21). The van der Waals surface area contributed by atoms with E-state index < -0.39 is 9.84 Å². The molecule has 0 aromatic carbocycles. The third-order valence-electron chi connectivity index (χ3n) is 5.36. The number of rotatable bonds is 7. The third-order valence-corrected chi connectivity index (χ3v) is 7.13. The molecular formula is C18H35N3O2S. The number of hydrogen-bond donors (Lipinski definition) is 2. The van der Waals surface area contributed by atoms with Crippen LogP contribution in [0.5, 0.6) is 0 Å². The molecule has 5 nitrogen and oxygen atoms in total. The van der Waals surface area contributed by atoms with Gasteiger partial charge >= 0.3 is 0 Å². The average Bonchev–Trinajstić information content (AvgIpc) is 2.90. The first-order chi connectivity index (χ1) is 11.5. The van der Waals surface area contributed by atoms with E-state index in [0.717, 1.165) is 25.0 Å². The highest BCUT2D eigenvalue weighted by molar-refractivity contribution is 7.91. The number of nitrogens with one attached hydrogen (secondary N) is 2. The fourth-order valence-corrected chi connectivity index (χ4v) is 5.51. The molecule has 1 aliphatic heterocycles. The molecule has 1 heterocycles. The Morgan fingerprint density at radius 3 is 2.38 bits per heavy atom. The first-order valence-corrected chi connectivity index (χ1v) is 11.6. The van der Waals surface area contributed by atoms with Crippen LogP contribution in [0.3, 0.4) is 0 Å². The van der Waals surface area contributed by atoms with Crippen LogP contribution in [0.1, 0.15) is 65.2 Å². The van der Waals surface area contributed by atoms with Crippen LogP contribution in [0.15, 0.2) is 4.99 Å². The van der Waals surface area contributed by atoms with E-state index in [1.54, 1.807) is 0 Å². The van der Waals surface area contributed by atoms with Crippen molar-refractivity contribution in [2.45, 2.75) is 71.3 Å². The van der Waals surface area contributed by atoms with Crippen molar-refractivity contribution < 1.29 is 8.42 Å². The van der Waals surface area contributed by atoms with Gasteiger partial charge in [0.2, 0.25) is 0 Å². The monoisotopic (exact) mass is 357 g/mol. The summed E-state index contributed by atoms with van der Waals surface area (Å²) in [7, 11) is -2.85. The predicted octanol–water partition coefficient (Wildman–Crippen LogP) is 2.73. The van der Waals surface area contributed by atoms with Crippen LogP contribution in [0.25, 0.3) is 0 Å². The van der Waals surface area contributed by atoms with E-state index in [9.17, 15) is 8.42 Å². The van der Waals surface area contributed by atoms with E-state index in [2.05, 4.69) is 17.6 Å². The Kier molecular flexibility index (Phi) is 7.85. The zero-order valence-corrected chi connectivity index (χ0v) is 16.2. The molecule has 0 bridgehead atoms. The van der Waals surface area contributed by atoms with E-state index in [1.165, 1.54) is 44.9 Å². The highest BCUT2D eigenvalue weighted by Gasteiger charge is 2.28. The van der Waals surface area contributed by atoms with Crippen LogP contribution in [-0.2, 0) is 9.84 Å². The molecule has 1 aliphatic carbocycles. The second-order valence-corrected chi connectivity index (χ2v) is 9.72. The van der Waals surface area contributed by atoms with Crippen LogP contribution in [0.4, 0.5) is 0 Å². The molecule has 0 amide bonds. The maximum absolute atomic E-state index is 11.6. The minimum absolute atomic E-state index is 0.0116. The second-order valence-electron chi connectivity index (χ2n) is 7.49. The zero-order chi connectivity index (χ0) is 17.4. The van der Waals surface area contributed by atoms with Gasteiger partial charge in [0.25, 0.3) is 0 Å². The van der Waals surface area contributed by atoms with Crippen LogP contribution in [0.2, 0.25) is 0 Å². The van der Waals surface area contributed by atoms with Crippen LogP contribution < -0.4 is 10.6 Å². The number of nitrogens with zero attached hydrogens (tertiary/aromatic N) is 1. The molecule has 2 rings (SSSR count). The van der Waals surface area contributed by atoms with Crippen molar-refractivity contribution in [3.05, 3.63) is 0 Å². The van der Waals surface area contributed by atoms with E-state index in [1.807, 2.05) is 6.92 Å². The Bertz CT molecular complexity index is 496. The van der Waals surface area contributed by atoms with Gasteiger partial charge < -0.3 is 10.6 Å². The largest absolute Gasteiger partial charge is 0.357 e. The Hall–Kier alpha value is -0.780. The summed E-state index contributed by atoms with van der Waals surface area (Å²) in [4.78, 5) is 4.74. The molecule has 0 aromatic rings. The molecule has 24 heavy (non-hydrogen) atoms. The van der Waals surface area contributed by atoms with E-state index >= 15 is 0 Å². The summed E-state index contributed by atoms with van der Waals surface area (Å²) in [6.07, 6.45) is 10.0. The smallest absolute Gasteiger partial charge is 0.191 e. The quantitative estimate of drug-likeness (QED) is 0.543. The van der Waals surface area contributed by atoms with Crippen LogP contribution >= 0.6 is 0 Å². The molecule has 2 aliphatic rings. The van der Waals surface area contributed by atoms with Crippen molar-refractivity contribution in [2.24, 2.45) is 16.8 Å². The lowest BCUT2D eigenvalue weighted by Crippen LogP contribution is -2.44. The molecule has 6 heteroatoms. The lowest BCUT2D eigenvalue weighted by Gasteiger charge is -2.27. The lowest BCUT2D eigenvalue weighted by atomic mass is 9.80. The van der Waals surface area contributed by atoms with E-state index in [4.69, 9.17) is 4.99 Å². The topological polar surface area (TPSA) is 70.6 Å². The maximum Gasteiger partial charge on any atom is 0.191 e. The first kappa shape index (κ1) is 19.5. The van der Waals surface area contributed by atoms with Crippen molar-refractivity contribution in [1.29, 1.82) is 0 Å². The summed E-state index contributed by atoms with van der Waals surface area (Å²) in [6, 6.07) is 0.0116. The second kappa shape index (κ2) is 9.64. The van der Waals surface area contributed by atoms with E-state index in [-0.39, 0.29) is 11.8 Å². The molecule has 1 unspecified atom stereocenters. The summed E-state index contributed by atoms with van der Waals surface area (Å²) < 4.78 is 23.2. The van der Waals surface area contributed by atoms with Crippen molar-refractivity contribution in [3.63, 3.8) is 0 Å². The number of sulfone groups is 1. The molecule has 1 saturated carbocycles. The van der Waals surface area contributed by atoms with Gasteiger partial charge in [-0.15, -0.1) is 0 Å². The summed E-state index contributed by atoms with van der Waals surface area (Å²) in [5.41, 5.74) is 0. The van der Waals surface area contributed by atoms with Crippen LogP contribution in [0, 0.1) is 11.8 Å². The molecule has 0 aromatic heterocycles. The maximum atomic E-state index is 11.6. The first-order valence-electron chi connectivity index (χ1n) is 9.77. The van der Waals surface area contributed by atoms with Gasteiger partial charge in [0, 0.05) is 19.1 Å². The number of guanidine groups is 1. The molecule has 140 valence electrons. The Balaban J connectivity index is 1.77. The normalized spacial score (nSPS) is 30.2. The number of hydrogen-bond acceptors (Lipinski definition) is 3. The highest BCUT2D eigenvalue weighted by atomic mass is 32.2. The van der Waals surface area contributed by atoms with Gasteiger partial charge in [0.05, 0.1) is 11.5 Å². The third kappa shape index (κ3) is 6.61. The molecule has 2 N–H and O–H groups in total. The minimum atomic E-state index is -2.85. The van der Waals surface area contributed by atoms with Gasteiger partial charge in [-0.25, -0.2) is 8.42 Å². The van der Waals surface area contributed by atoms with Gasteiger partial charge in [-0.1, -0.05) is 39.0 Å². The van der Waals surface area contributed by atoms with Gasteiger partial charge in [0.1, 0.15) is 0 Å². The Labute approximate surface area is 148 Å². The number of unbranched alkanes of at least 4 members (excludes halogenated alkanes) is 1. The molecule has 0 radical (unpaired) electrons. The summed E-state index contributed by atoms with van der Waals surface area (Å²) in [5, 5.41) is 6.57.